The number of Topliss-reactive ketones (excluding diaryl/α,β-unsaturated/α-hetero) is 2. The molecule has 230 valence electrons. The smallest absolute Gasteiger partial charge is 0.234 e. The molecule has 4 rings (SSSR count). The molecule has 0 aromatic heterocycles. The molecule has 0 spiro atoms. The van der Waals surface area contributed by atoms with Gasteiger partial charge in [0, 0.05) is 19.5 Å². The van der Waals surface area contributed by atoms with Gasteiger partial charge in [-0.3, -0.25) is 24.1 Å². The predicted octanol–water partition coefficient (Wildman–Crippen LogP) is 1.48. The first-order valence-corrected chi connectivity index (χ1v) is 14.7. The van der Waals surface area contributed by atoms with Crippen LogP contribution in [-0.2, 0) is 28.7 Å². The molecule has 42 heavy (non-hydrogen) atoms. The van der Waals surface area contributed by atoms with Gasteiger partial charge >= 0.3 is 0 Å². The van der Waals surface area contributed by atoms with Crippen LogP contribution in [0.15, 0.2) is 35.9 Å². The summed E-state index contributed by atoms with van der Waals surface area (Å²) in [7, 11) is 1.52. The Morgan fingerprint density at radius 2 is 1.81 bits per heavy atom. The van der Waals surface area contributed by atoms with Gasteiger partial charge in [0.15, 0.2) is 11.6 Å². The van der Waals surface area contributed by atoms with Gasteiger partial charge in [-0.25, -0.2) is 0 Å². The maximum absolute atomic E-state index is 13.8. The van der Waals surface area contributed by atoms with Crippen LogP contribution < -0.4 is 15.4 Å². The molecule has 3 aliphatic rings. The van der Waals surface area contributed by atoms with Crippen molar-refractivity contribution in [3.05, 3.63) is 41.5 Å². The van der Waals surface area contributed by atoms with Gasteiger partial charge in [-0.2, -0.15) is 0 Å². The molecule has 1 aliphatic carbocycles. The Labute approximate surface area is 246 Å². The molecule has 0 bridgehead atoms. The molecule has 2 aliphatic heterocycles. The van der Waals surface area contributed by atoms with Crippen molar-refractivity contribution >= 4 is 23.4 Å². The molecule has 1 aromatic rings. The van der Waals surface area contributed by atoms with E-state index in [2.05, 4.69) is 16.7 Å². The number of hydrogen-bond acceptors (Lipinski definition) is 9. The Bertz CT molecular complexity index is 1160. The van der Waals surface area contributed by atoms with E-state index in [1.54, 1.807) is 38.1 Å². The van der Waals surface area contributed by atoms with E-state index in [-0.39, 0.29) is 31.3 Å². The molecular weight excluding hydrogens is 542 g/mol. The number of amides is 2. The molecule has 11 heteroatoms. The second-order valence-corrected chi connectivity index (χ2v) is 11.6. The Kier molecular flexibility index (Phi) is 10.9. The van der Waals surface area contributed by atoms with Gasteiger partial charge in [0.25, 0.3) is 0 Å². The highest BCUT2D eigenvalue weighted by molar-refractivity contribution is 5.98. The first-order valence-electron chi connectivity index (χ1n) is 14.7. The maximum atomic E-state index is 13.8. The summed E-state index contributed by atoms with van der Waals surface area (Å²) in [6.45, 7) is 6.06. The zero-order valence-corrected chi connectivity index (χ0v) is 24.7. The Hall–Kier alpha value is -3.12. The van der Waals surface area contributed by atoms with Crippen LogP contribution in [0.25, 0.3) is 0 Å². The highest BCUT2D eigenvalue weighted by atomic mass is 16.6. The van der Waals surface area contributed by atoms with E-state index in [1.807, 2.05) is 4.90 Å². The quantitative estimate of drug-likeness (QED) is 0.206. The lowest BCUT2D eigenvalue weighted by atomic mass is 9.87. The molecular formula is C31H43N3O8. The molecule has 0 radical (unpaired) electrons. The second kappa shape index (κ2) is 14.4. The molecule has 0 unspecified atom stereocenters. The summed E-state index contributed by atoms with van der Waals surface area (Å²) in [5.41, 5.74) is 0.570. The summed E-state index contributed by atoms with van der Waals surface area (Å²) >= 11 is 0. The van der Waals surface area contributed by atoms with E-state index in [4.69, 9.17) is 14.2 Å². The van der Waals surface area contributed by atoms with E-state index in [1.165, 1.54) is 7.11 Å². The fourth-order valence-corrected chi connectivity index (χ4v) is 5.40. The molecule has 2 saturated heterocycles. The normalized spacial score (nSPS) is 23.2. The van der Waals surface area contributed by atoms with Crippen molar-refractivity contribution in [2.45, 2.75) is 69.7 Å². The largest absolute Gasteiger partial charge is 0.497 e. The van der Waals surface area contributed by atoms with Gasteiger partial charge in [-0.1, -0.05) is 23.8 Å². The van der Waals surface area contributed by atoms with Crippen LogP contribution in [0.3, 0.4) is 0 Å². The number of nitrogens with one attached hydrogen (secondary N) is 2. The number of epoxide rings is 1. The van der Waals surface area contributed by atoms with Gasteiger partial charge < -0.3 is 30.0 Å². The second-order valence-electron chi connectivity index (χ2n) is 11.6. The van der Waals surface area contributed by atoms with Crippen LogP contribution in [0.2, 0.25) is 0 Å². The van der Waals surface area contributed by atoms with Gasteiger partial charge in [0.2, 0.25) is 11.8 Å². The highest BCUT2D eigenvalue weighted by Gasteiger charge is 2.50. The van der Waals surface area contributed by atoms with Crippen molar-refractivity contribution < 1.29 is 38.5 Å². The Balaban J connectivity index is 1.48. The zero-order chi connectivity index (χ0) is 30.3. The lowest BCUT2D eigenvalue weighted by molar-refractivity contribution is -0.137. The average molecular weight is 586 g/mol. The number of methoxy groups -OCH3 is 1. The molecule has 2 fully saturated rings. The number of ketones is 2. The molecule has 5 atom stereocenters. The molecule has 0 saturated carbocycles. The number of benzene rings is 1. The summed E-state index contributed by atoms with van der Waals surface area (Å²) in [5, 5.41) is 16.9. The van der Waals surface area contributed by atoms with E-state index >= 15 is 0 Å². The molecule has 2 amide bonds. The summed E-state index contributed by atoms with van der Waals surface area (Å²) in [4.78, 5) is 55.0. The zero-order valence-electron chi connectivity index (χ0n) is 24.7. The van der Waals surface area contributed by atoms with Crippen molar-refractivity contribution in [1.29, 1.82) is 0 Å². The van der Waals surface area contributed by atoms with Crippen LogP contribution >= 0.6 is 0 Å². The van der Waals surface area contributed by atoms with Crippen molar-refractivity contribution in [1.82, 2.24) is 15.5 Å². The minimum absolute atomic E-state index is 0.139. The minimum Gasteiger partial charge on any atom is -0.497 e. The third kappa shape index (κ3) is 8.47. The first kappa shape index (κ1) is 31.8. The van der Waals surface area contributed by atoms with Crippen LogP contribution in [-0.4, -0.2) is 97.6 Å². The number of morpholine rings is 1. The van der Waals surface area contributed by atoms with Gasteiger partial charge in [0.05, 0.1) is 57.6 Å². The van der Waals surface area contributed by atoms with E-state index in [9.17, 15) is 24.3 Å². The topological polar surface area (TPSA) is 147 Å². The molecule has 11 nitrogen and oxygen atoms in total. The van der Waals surface area contributed by atoms with Gasteiger partial charge in [-0.05, 0) is 57.2 Å². The lowest BCUT2D eigenvalue weighted by Gasteiger charge is -2.28. The number of allylic oxidation sites excluding steroid dienone is 1. The van der Waals surface area contributed by atoms with Crippen molar-refractivity contribution in [2.75, 3.05) is 46.6 Å². The monoisotopic (exact) mass is 585 g/mol. The summed E-state index contributed by atoms with van der Waals surface area (Å²) in [6, 6.07) is 4.86. The number of aliphatic hydroxyl groups excluding tert-OH is 1. The van der Waals surface area contributed by atoms with E-state index in [0.717, 1.165) is 24.8 Å². The summed E-state index contributed by atoms with van der Waals surface area (Å²) in [5.74, 6) is -2.17. The summed E-state index contributed by atoms with van der Waals surface area (Å²) < 4.78 is 15.9. The van der Waals surface area contributed by atoms with E-state index < -0.39 is 41.4 Å². The number of hydrogen-bond donors (Lipinski definition) is 3. The van der Waals surface area contributed by atoms with Gasteiger partial charge in [-0.15, -0.1) is 0 Å². The third-order valence-corrected chi connectivity index (χ3v) is 8.26. The molecule has 3 N–H and O–H groups in total. The number of nitrogens with zero attached hydrogens (tertiary/aromatic N) is 1. The SMILES string of the molecule is COc1ccc([C@@H](O)[C@H](CC(=O)[C@H](C)NC(=O)CN2CCOCC2)C(=O)N[C@@H](CC2=CCCC2)C(=O)[C@@]2(C)CO2)cc1. The fraction of sp³-hybridized carbons (Fsp3) is 0.613. The number of rotatable bonds is 15. The first-order chi connectivity index (χ1) is 20.1. The highest BCUT2D eigenvalue weighted by Crippen LogP contribution is 2.33. The number of aliphatic hydroxyl groups is 1. The predicted molar refractivity (Wildman–Crippen MR) is 154 cm³/mol. The number of ether oxygens (including phenoxy) is 3. The Morgan fingerprint density at radius 1 is 1.12 bits per heavy atom. The van der Waals surface area contributed by atoms with Gasteiger partial charge in [0.1, 0.15) is 11.4 Å². The summed E-state index contributed by atoms with van der Waals surface area (Å²) in [6.07, 6.45) is 3.56. The van der Waals surface area contributed by atoms with Crippen molar-refractivity contribution in [3.8, 4) is 5.75 Å². The third-order valence-electron chi connectivity index (χ3n) is 8.26. The van der Waals surface area contributed by atoms with Crippen LogP contribution in [0.1, 0.15) is 57.6 Å². The van der Waals surface area contributed by atoms with Crippen LogP contribution in [0.4, 0.5) is 0 Å². The van der Waals surface area contributed by atoms with Crippen molar-refractivity contribution in [2.24, 2.45) is 5.92 Å². The average Bonchev–Trinajstić information content (AvgIpc) is 3.53. The number of carbonyl (C=O) groups is 4. The maximum Gasteiger partial charge on any atom is 0.234 e. The Morgan fingerprint density at radius 3 is 2.40 bits per heavy atom. The lowest BCUT2D eigenvalue weighted by Crippen LogP contribution is -2.50. The van der Waals surface area contributed by atoms with Crippen LogP contribution in [0.5, 0.6) is 5.75 Å². The van der Waals surface area contributed by atoms with Crippen LogP contribution in [0, 0.1) is 5.92 Å². The fourth-order valence-electron chi connectivity index (χ4n) is 5.40. The number of carbonyl (C=O) groups excluding carboxylic acids is 4. The standard InChI is InChI=1S/C31H43N3O8/c1-20(32-27(36)18-34-12-14-41-15-13-34)26(35)17-24(28(37)22-8-10-23(40-3)11-9-22)30(39)33-25(16-21-6-4-5-7-21)29(38)31(2)19-42-31/h6,8-11,20,24-25,28,37H,4-5,7,12-19H2,1-3H3,(H,32,36)(H,33,39)/t20-,24-,25-,28+,31+/m0/s1. The van der Waals surface area contributed by atoms with E-state index in [0.29, 0.717) is 44.0 Å². The minimum atomic E-state index is -1.34. The molecule has 2 heterocycles. The van der Waals surface area contributed by atoms with Crippen molar-refractivity contribution in [3.63, 3.8) is 0 Å². The molecule has 1 aromatic carbocycles.